The Labute approximate surface area is 133 Å². The molecule has 0 bridgehead atoms. The van der Waals surface area contributed by atoms with Crippen molar-refractivity contribution in [3.05, 3.63) is 58.2 Å². The summed E-state index contributed by atoms with van der Waals surface area (Å²) in [7, 11) is 0. The Kier molecular flexibility index (Phi) is 4.63. The topological polar surface area (TPSA) is 66.4 Å². The van der Waals surface area contributed by atoms with Gasteiger partial charge in [-0.3, -0.25) is 0 Å². The number of hydrogen-bond donors (Lipinski definition) is 2. The summed E-state index contributed by atoms with van der Waals surface area (Å²) >= 11 is 5.78. The number of benzene rings is 1. The van der Waals surface area contributed by atoms with E-state index in [2.05, 4.69) is 5.32 Å². The van der Waals surface area contributed by atoms with E-state index in [0.717, 1.165) is 18.2 Å². The lowest BCUT2D eigenvalue weighted by Gasteiger charge is -2.23. The van der Waals surface area contributed by atoms with Gasteiger partial charge in [-0.2, -0.15) is 13.2 Å². The monoisotopic (exact) mass is 343 g/mol. The molecule has 1 aromatic rings. The van der Waals surface area contributed by atoms with E-state index in [4.69, 9.17) is 16.7 Å². The lowest BCUT2D eigenvalue weighted by Crippen LogP contribution is -2.25. The minimum atomic E-state index is -4.77. The quantitative estimate of drug-likeness (QED) is 0.822. The molecule has 0 spiro atoms. The third-order valence-electron chi connectivity index (χ3n) is 3.10. The number of para-hydroxylation sites is 1. The highest BCUT2D eigenvalue weighted by Crippen LogP contribution is 2.37. The van der Waals surface area contributed by atoms with Crippen LogP contribution in [0.5, 0.6) is 0 Å². The average Bonchev–Trinajstić information content (AvgIpc) is 2.46. The van der Waals surface area contributed by atoms with E-state index in [1.165, 1.54) is 18.2 Å². The second-order valence-electron chi connectivity index (χ2n) is 4.60. The number of anilines is 1. The number of rotatable bonds is 3. The van der Waals surface area contributed by atoms with E-state index >= 15 is 0 Å². The fraction of sp³-hybridized carbons (Fsp3) is 0.133. The van der Waals surface area contributed by atoms with Crippen molar-refractivity contribution in [3.63, 3.8) is 0 Å². The minimum absolute atomic E-state index is 0.00252. The van der Waals surface area contributed by atoms with E-state index < -0.39 is 35.0 Å². The number of alkyl halides is 3. The van der Waals surface area contributed by atoms with E-state index in [1.54, 1.807) is 5.94 Å². The lowest BCUT2D eigenvalue weighted by molar-refractivity contribution is -0.137. The Balaban J connectivity index is 2.56. The molecule has 4 nitrogen and oxygen atoms in total. The summed E-state index contributed by atoms with van der Waals surface area (Å²) in [6.45, 7) is 0. The molecule has 8 heteroatoms. The van der Waals surface area contributed by atoms with E-state index in [-0.39, 0.29) is 10.6 Å². The zero-order valence-electron chi connectivity index (χ0n) is 11.3. The van der Waals surface area contributed by atoms with Gasteiger partial charge in [-0.1, -0.05) is 17.7 Å². The molecule has 1 atom stereocenters. The summed E-state index contributed by atoms with van der Waals surface area (Å²) in [4.78, 5) is 22.1. The second-order valence-corrected chi connectivity index (χ2v) is 5.03. The first-order valence-corrected chi connectivity index (χ1v) is 6.62. The summed E-state index contributed by atoms with van der Waals surface area (Å²) in [5.41, 5.74) is -2.35. The van der Waals surface area contributed by atoms with Gasteiger partial charge in [0.25, 0.3) is 0 Å². The molecule has 0 heterocycles. The van der Waals surface area contributed by atoms with E-state index in [1.807, 2.05) is 0 Å². The van der Waals surface area contributed by atoms with Crippen LogP contribution in [0.15, 0.2) is 47.0 Å². The summed E-state index contributed by atoms with van der Waals surface area (Å²) in [6, 6.07) is 1.76. The minimum Gasteiger partial charge on any atom is -0.478 e. The van der Waals surface area contributed by atoms with Crippen LogP contribution in [0, 0.1) is 0 Å². The van der Waals surface area contributed by atoms with Crippen LogP contribution in [0.2, 0.25) is 0 Å². The molecule has 0 radical (unpaired) electrons. The number of carbonyl (C=O) groups excluding carboxylic acids is 1. The zero-order valence-corrected chi connectivity index (χ0v) is 12.1. The Morgan fingerprint density at radius 1 is 1.30 bits per heavy atom. The molecule has 0 fully saturated rings. The Bertz CT molecular complexity index is 762. The Morgan fingerprint density at radius 2 is 2.00 bits per heavy atom. The molecule has 1 aliphatic carbocycles. The molecule has 120 valence electrons. The van der Waals surface area contributed by atoms with E-state index in [9.17, 15) is 22.8 Å². The van der Waals surface area contributed by atoms with Gasteiger partial charge >= 0.3 is 12.1 Å². The van der Waals surface area contributed by atoms with Gasteiger partial charge in [-0.15, -0.1) is 0 Å². The molecule has 0 saturated heterocycles. The molecule has 0 amide bonds. The molecule has 2 N–H and O–H groups in total. The molecule has 0 aliphatic heterocycles. The standard InChI is InChI=1S/C15H9ClF3NO3/c16-9-5-4-8(7-21)12(6-9)20-13-10(14(22)23)2-1-3-11(13)15(17,18)19/h1-6,12,20H,(H,22,23). The molecule has 1 aliphatic rings. The smallest absolute Gasteiger partial charge is 0.418 e. The summed E-state index contributed by atoms with van der Waals surface area (Å²) < 4.78 is 39.4. The van der Waals surface area contributed by atoms with Gasteiger partial charge in [0.2, 0.25) is 0 Å². The van der Waals surface area contributed by atoms with Crippen LogP contribution in [0.3, 0.4) is 0 Å². The molecular formula is C15H9ClF3NO3. The maximum atomic E-state index is 13.1. The number of halogens is 4. The van der Waals surface area contributed by atoms with Crippen molar-refractivity contribution in [2.75, 3.05) is 5.32 Å². The number of allylic oxidation sites excluding steroid dienone is 2. The van der Waals surface area contributed by atoms with Gasteiger partial charge in [-0.25, -0.2) is 9.59 Å². The van der Waals surface area contributed by atoms with Crippen molar-refractivity contribution in [3.8, 4) is 0 Å². The molecule has 1 aromatic carbocycles. The van der Waals surface area contributed by atoms with E-state index in [0.29, 0.717) is 0 Å². The highest BCUT2D eigenvalue weighted by Gasteiger charge is 2.36. The Morgan fingerprint density at radius 3 is 2.57 bits per heavy atom. The number of carboxylic acids is 1. The molecule has 23 heavy (non-hydrogen) atoms. The van der Waals surface area contributed by atoms with Crippen LogP contribution in [-0.4, -0.2) is 23.1 Å². The van der Waals surface area contributed by atoms with Crippen molar-refractivity contribution >= 4 is 29.2 Å². The number of hydrogen-bond acceptors (Lipinski definition) is 3. The predicted molar refractivity (Wildman–Crippen MR) is 78.1 cm³/mol. The fourth-order valence-corrected chi connectivity index (χ4v) is 2.26. The Hall–Kier alpha value is -2.50. The molecule has 0 saturated carbocycles. The number of aromatic carboxylic acids is 1. The maximum Gasteiger partial charge on any atom is 0.418 e. The SMILES string of the molecule is O=C=C1C=CC(Cl)=CC1Nc1c(C(=O)O)cccc1C(F)(F)F. The normalized spacial score (nSPS) is 17.5. The van der Waals surface area contributed by atoms with Crippen molar-refractivity contribution < 1.29 is 27.9 Å². The molecule has 2 rings (SSSR count). The van der Waals surface area contributed by atoms with Gasteiger partial charge in [0, 0.05) is 5.03 Å². The van der Waals surface area contributed by atoms with Crippen molar-refractivity contribution in [1.29, 1.82) is 0 Å². The number of carbonyl (C=O) groups is 1. The summed E-state index contributed by atoms with van der Waals surface area (Å²) in [5.74, 6) is 0.0563. The highest BCUT2D eigenvalue weighted by molar-refractivity contribution is 6.31. The largest absolute Gasteiger partial charge is 0.478 e. The summed E-state index contributed by atoms with van der Waals surface area (Å²) in [5, 5.41) is 11.7. The summed E-state index contributed by atoms with van der Waals surface area (Å²) in [6.07, 6.45) is -0.797. The number of carboxylic acid groups (broad SMARTS) is 1. The fourth-order valence-electron chi connectivity index (χ4n) is 2.07. The van der Waals surface area contributed by atoms with Crippen LogP contribution in [0.4, 0.5) is 18.9 Å². The van der Waals surface area contributed by atoms with Crippen molar-refractivity contribution in [1.82, 2.24) is 0 Å². The van der Waals surface area contributed by atoms with Gasteiger partial charge in [0.05, 0.1) is 28.4 Å². The van der Waals surface area contributed by atoms with Gasteiger partial charge < -0.3 is 10.4 Å². The van der Waals surface area contributed by atoms with Gasteiger partial charge in [0.1, 0.15) is 5.94 Å². The predicted octanol–water partition coefficient (Wildman–Crippen LogP) is 3.63. The first-order chi connectivity index (χ1) is 10.7. The van der Waals surface area contributed by atoms with Crippen molar-refractivity contribution in [2.45, 2.75) is 12.2 Å². The average molecular weight is 344 g/mol. The first-order valence-electron chi connectivity index (χ1n) is 6.24. The zero-order chi connectivity index (χ0) is 17.2. The van der Waals surface area contributed by atoms with Gasteiger partial charge in [0.15, 0.2) is 0 Å². The number of nitrogens with one attached hydrogen (secondary N) is 1. The van der Waals surface area contributed by atoms with Crippen LogP contribution >= 0.6 is 11.6 Å². The van der Waals surface area contributed by atoms with Crippen LogP contribution < -0.4 is 5.32 Å². The van der Waals surface area contributed by atoms with Crippen LogP contribution in [-0.2, 0) is 11.0 Å². The molecule has 1 unspecified atom stereocenters. The van der Waals surface area contributed by atoms with Crippen LogP contribution in [0.25, 0.3) is 0 Å². The third-order valence-corrected chi connectivity index (χ3v) is 3.35. The second kappa shape index (κ2) is 6.32. The van der Waals surface area contributed by atoms with Crippen LogP contribution in [0.1, 0.15) is 15.9 Å². The molecular weight excluding hydrogens is 335 g/mol. The third kappa shape index (κ3) is 3.64. The first kappa shape index (κ1) is 16.9. The maximum absolute atomic E-state index is 13.1. The lowest BCUT2D eigenvalue weighted by atomic mass is 10.00. The molecule has 0 aromatic heterocycles. The van der Waals surface area contributed by atoms with Crippen molar-refractivity contribution in [2.24, 2.45) is 0 Å². The highest BCUT2D eigenvalue weighted by atomic mass is 35.5. The van der Waals surface area contributed by atoms with Gasteiger partial charge in [-0.05, 0) is 30.4 Å².